The van der Waals surface area contributed by atoms with Crippen LogP contribution in [0.5, 0.6) is 11.7 Å². The van der Waals surface area contributed by atoms with Gasteiger partial charge in [-0.15, -0.1) is 10.2 Å². The van der Waals surface area contributed by atoms with Gasteiger partial charge in [-0.3, -0.25) is 0 Å². The maximum absolute atomic E-state index is 9.75. The first-order chi connectivity index (χ1) is 10.8. The minimum absolute atomic E-state index is 0.0367. The molecule has 1 heterocycles. The zero-order valence-electron chi connectivity index (χ0n) is 11.8. The van der Waals surface area contributed by atoms with Crippen LogP contribution in [0.1, 0.15) is 0 Å². The maximum Gasteiger partial charge on any atom is 0.332 e. The molecule has 0 bridgehead atoms. The average molecular weight is 295 g/mol. The molecule has 0 aliphatic heterocycles. The molecule has 0 aliphatic carbocycles. The summed E-state index contributed by atoms with van der Waals surface area (Å²) in [6, 6.07) is 16.3. The molecule has 0 radical (unpaired) electrons. The summed E-state index contributed by atoms with van der Waals surface area (Å²) in [5.74, 6) is 0.696. The van der Waals surface area contributed by atoms with Crippen molar-refractivity contribution in [3.05, 3.63) is 54.6 Å². The Labute approximate surface area is 126 Å². The van der Waals surface area contributed by atoms with E-state index in [4.69, 9.17) is 9.15 Å². The molecule has 110 valence electrons. The molecule has 0 atom stereocenters. The fourth-order valence-corrected chi connectivity index (χ4v) is 1.83. The number of benzene rings is 2. The van der Waals surface area contributed by atoms with Crippen LogP contribution < -0.4 is 4.74 Å². The van der Waals surface area contributed by atoms with E-state index in [0.717, 1.165) is 11.3 Å². The molecule has 2 aromatic carbocycles. The van der Waals surface area contributed by atoms with Crippen molar-refractivity contribution in [3.8, 4) is 23.1 Å². The Morgan fingerprint density at radius 1 is 1.00 bits per heavy atom. The second-order valence-electron chi connectivity index (χ2n) is 4.41. The molecule has 1 N–H and O–H groups in total. The molecular weight excluding hydrogens is 282 g/mol. The van der Waals surface area contributed by atoms with Crippen LogP contribution in [0.4, 0.5) is 11.5 Å². The fourth-order valence-electron chi connectivity index (χ4n) is 1.83. The summed E-state index contributed by atoms with van der Waals surface area (Å²) in [5.41, 5.74) is 1.37. The maximum atomic E-state index is 9.75. The van der Waals surface area contributed by atoms with Crippen molar-refractivity contribution >= 4 is 11.5 Å². The highest BCUT2D eigenvalue weighted by molar-refractivity contribution is 5.57. The molecule has 0 saturated heterocycles. The van der Waals surface area contributed by atoms with Crippen LogP contribution in [0.2, 0.25) is 0 Å². The van der Waals surface area contributed by atoms with Crippen LogP contribution in [0, 0.1) is 0 Å². The molecule has 3 rings (SSSR count). The summed E-state index contributed by atoms with van der Waals surface area (Å²) in [4.78, 5) is 4.13. The van der Waals surface area contributed by atoms with Gasteiger partial charge in [0.1, 0.15) is 5.75 Å². The van der Waals surface area contributed by atoms with Crippen LogP contribution in [-0.2, 0) is 0 Å². The van der Waals surface area contributed by atoms with Crippen molar-refractivity contribution in [3.63, 3.8) is 0 Å². The van der Waals surface area contributed by atoms with Crippen LogP contribution >= 0.6 is 0 Å². The Morgan fingerprint density at radius 3 is 2.41 bits per heavy atom. The molecule has 0 spiro atoms. The Kier molecular flexibility index (Phi) is 3.82. The third-order valence-corrected chi connectivity index (χ3v) is 2.95. The molecule has 3 aromatic rings. The summed E-state index contributed by atoms with van der Waals surface area (Å²) in [5, 5.41) is 17.7. The summed E-state index contributed by atoms with van der Waals surface area (Å²) >= 11 is 0. The number of aromatic nitrogens is 1. The van der Waals surface area contributed by atoms with E-state index in [1.54, 1.807) is 31.4 Å². The van der Waals surface area contributed by atoms with Crippen molar-refractivity contribution in [2.75, 3.05) is 7.11 Å². The van der Waals surface area contributed by atoms with Gasteiger partial charge >= 0.3 is 5.95 Å². The lowest BCUT2D eigenvalue weighted by Gasteiger charge is -1.97. The monoisotopic (exact) mass is 295 g/mol. The average Bonchev–Trinajstić information content (AvgIpc) is 2.95. The number of oxazole rings is 1. The zero-order chi connectivity index (χ0) is 15.4. The number of hydrogen-bond donors (Lipinski definition) is 1. The van der Waals surface area contributed by atoms with Gasteiger partial charge in [-0.1, -0.05) is 18.2 Å². The Hall–Kier alpha value is -3.15. The van der Waals surface area contributed by atoms with Gasteiger partial charge in [-0.25, -0.2) is 0 Å². The number of nitrogens with zero attached hydrogens (tertiary/aromatic N) is 3. The number of rotatable bonds is 4. The van der Waals surface area contributed by atoms with Crippen LogP contribution in [0.15, 0.2) is 69.2 Å². The molecular formula is C16H13N3O3. The zero-order valence-corrected chi connectivity index (χ0v) is 11.8. The lowest BCUT2D eigenvalue weighted by atomic mass is 10.2. The predicted molar refractivity (Wildman–Crippen MR) is 80.8 cm³/mol. The van der Waals surface area contributed by atoms with Gasteiger partial charge in [0.2, 0.25) is 5.89 Å². The first kappa shape index (κ1) is 13.8. The molecule has 0 saturated carbocycles. The first-order valence-corrected chi connectivity index (χ1v) is 6.57. The van der Waals surface area contributed by atoms with E-state index in [-0.39, 0.29) is 11.8 Å². The number of aromatic hydroxyl groups is 1. The van der Waals surface area contributed by atoms with Crippen molar-refractivity contribution in [1.29, 1.82) is 0 Å². The van der Waals surface area contributed by atoms with Crippen LogP contribution in [0.25, 0.3) is 11.5 Å². The Morgan fingerprint density at radius 2 is 1.73 bits per heavy atom. The quantitative estimate of drug-likeness (QED) is 0.720. The van der Waals surface area contributed by atoms with Crippen LogP contribution in [0.3, 0.4) is 0 Å². The normalized spacial score (nSPS) is 11.0. The topological polar surface area (TPSA) is 80.2 Å². The SMILES string of the molecule is COc1ccc(N=Nc2nc(-c3ccccc3)oc2O)cc1. The van der Waals surface area contributed by atoms with Crippen LogP contribution in [-0.4, -0.2) is 17.2 Å². The molecule has 0 fully saturated rings. The van der Waals surface area contributed by atoms with Gasteiger partial charge in [-0.05, 0) is 36.4 Å². The van der Waals surface area contributed by atoms with Crippen molar-refractivity contribution < 1.29 is 14.3 Å². The van der Waals surface area contributed by atoms with Gasteiger partial charge < -0.3 is 14.3 Å². The minimum atomic E-state index is -0.365. The minimum Gasteiger partial charge on any atom is -0.497 e. The molecule has 0 unspecified atom stereocenters. The van der Waals surface area contributed by atoms with Crippen molar-refractivity contribution in [2.24, 2.45) is 10.2 Å². The highest BCUT2D eigenvalue weighted by Gasteiger charge is 2.13. The van der Waals surface area contributed by atoms with Gasteiger partial charge in [0, 0.05) is 5.56 Å². The van der Waals surface area contributed by atoms with E-state index >= 15 is 0 Å². The number of ether oxygens (including phenoxy) is 1. The highest BCUT2D eigenvalue weighted by atomic mass is 16.5. The largest absolute Gasteiger partial charge is 0.497 e. The first-order valence-electron chi connectivity index (χ1n) is 6.57. The molecule has 22 heavy (non-hydrogen) atoms. The summed E-state index contributed by atoms with van der Waals surface area (Å²) in [7, 11) is 1.59. The second-order valence-corrected chi connectivity index (χ2v) is 4.41. The van der Waals surface area contributed by atoms with Gasteiger partial charge in [0.05, 0.1) is 12.8 Å². The third-order valence-electron chi connectivity index (χ3n) is 2.95. The smallest absolute Gasteiger partial charge is 0.332 e. The van der Waals surface area contributed by atoms with Crippen molar-refractivity contribution in [2.45, 2.75) is 0 Å². The number of methoxy groups -OCH3 is 1. The third kappa shape index (κ3) is 2.95. The van der Waals surface area contributed by atoms with E-state index < -0.39 is 0 Å². The molecule has 6 nitrogen and oxygen atoms in total. The Balaban J connectivity index is 1.83. The van der Waals surface area contributed by atoms with Gasteiger partial charge in [0.15, 0.2) is 0 Å². The standard InChI is InChI=1S/C16H13N3O3/c1-21-13-9-7-12(8-10-13)18-19-14-16(20)22-15(17-14)11-5-3-2-4-6-11/h2-10,20H,1H3. The molecule has 6 heteroatoms. The highest BCUT2D eigenvalue weighted by Crippen LogP contribution is 2.33. The van der Waals surface area contributed by atoms with E-state index in [9.17, 15) is 5.11 Å². The van der Waals surface area contributed by atoms with E-state index in [2.05, 4.69) is 15.2 Å². The van der Waals surface area contributed by atoms with Gasteiger partial charge in [-0.2, -0.15) is 4.98 Å². The molecule has 0 amide bonds. The van der Waals surface area contributed by atoms with E-state index in [1.165, 1.54) is 0 Å². The lowest BCUT2D eigenvalue weighted by molar-refractivity contribution is 0.338. The van der Waals surface area contributed by atoms with E-state index in [1.807, 2.05) is 30.3 Å². The summed E-state index contributed by atoms with van der Waals surface area (Å²) < 4.78 is 10.3. The summed E-state index contributed by atoms with van der Waals surface area (Å²) in [6.45, 7) is 0. The molecule has 0 aliphatic rings. The lowest BCUT2D eigenvalue weighted by Crippen LogP contribution is -1.79. The van der Waals surface area contributed by atoms with Gasteiger partial charge in [0.25, 0.3) is 5.82 Å². The van der Waals surface area contributed by atoms with Crippen molar-refractivity contribution in [1.82, 2.24) is 4.98 Å². The second kappa shape index (κ2) is 6.09. The summed E-state index contributed by atoms with van der Waals surface area (Å²) in [6.07, 6.45) is 0. The Bertz CT molecular complexity index is 780. The number of hydrogen-bond acceptors (Lipinski definition) is 6. The fraction of sp³-hybridized carbons (Fsp3) is 0.0625. The van der Waals surface area contributed by atoms with E-state index in [0.29, 0.717) is 11.6 Å². The predicted octanol–water partition coefficient (Wildman–Crippen LogP) is 4.47. The molecule has 1 aromatic heterocycles. The number of azo groups is 1.